The first-order valence-electron chi connectivity index (χ1n) is 13.0. The topological polar surface area (TPSA) is 83.4 Å². The van der Waals surface area contributed by atoms with Gasteiger partial charge in [0.25, 0.3) is 0 Å². The van der Waals surface area contributed by atoms with Crippen LogP contribution in [-0.2, 0) is 6.42 Å². The molecule has 4 aromatic carbocycles. The quantitative estimate of drug-likeness (QED) is 0.177. The maximum atomic E-state index is 5.59. The maximum Gasteiger partial charge on any atom is 0.119 e. The van der Waals surface area contributed by atoms with Gasteiger partial charge in [0, 0.05) is 0 Å². The van der Waals surface area contributed by atoms with E-state index in [1.807, 2.05) is 84.9 Å². The Hall–Kier alpha value is -4.52. The number of azo groups is 3. The summed E-state index contributed by atoms with van der Waals surface area (Å²) in [5.74, 6) is 0.836. The molecule has 0 heterocycles. The van der Waals surface area contributed by atoms with Gasteiger partial charge in [-0.05, 0) is 110 Å². The molecule has 0 amide bonds. The molecule has 0 saturated heterocycles. The number of unbranched alkanes of at least 4 members (excludes halogenated alkanes) is 1. The number of hydrogen-bond acceptors (Lipinski definition) is 7. The van der Waals surface area contributed by atoms with Crippen LogP contribution in [0.15, 0.2) is 128 Å². The van der Waals surface area contributed by atoms with Crippen LogP contribution in [0.1, 0.15) is 38.7 Å². The Bertz CT molecular complexity index is 1240. The van der Waals surface area contributed by atoms with Crippen molar-refractivity contribution < 1.29 is 4.74 Å². The van der Waals surface area contributed by atoms with E-state index in [1.54, 1.807) is 0 Å². The van der Waals surface area contributed by atoms with E-state index in [9.17, 15) is 0 Å². The minimum Gasteiger partial charge on any atom is -0.494 e. The second kappa shape index (κ2) is 14.3. The minimum atomic E-state index is 0.705. The second-order valence-corrected chi connectivity index (χ2v) is 8.75. The molecule has 0 aliphatic heterocycles. The average Bonchev–Trinajstić information content (AvgIpc) is 2.98. The van der Waals surface area contributed by atoms with Crippen molar-refractivity contribution >= 4 is 34.1 Å². The van der Waals surface area contributed by atoms with Crippen molar-refractivity contribution in [3.05, 3.63) is 103 Å². The molecule has 0 atom stereocenters. The van der Waals surface area contributed by atoms with Crippen molar-refractivity contribution in [2.24, 2.45) is 30.7 Å². The summed E-state index contributed by atoms with van der Waals surface area (Å²) < 4.78 is 5.59. The fourth-order valence-corrected chi connectivity index (χ4v) is 3.46. The number of benzene rings is 4. The lowest BCUT2D eigenvalue weighted by molar-refractivity contribution is 0.317. The van der Waals surface area contributed by atoms with Crippen LogP contribution < -0.4 is 4.74 Å². The van der Waals surface area contributed by atoms with Crippen LogP contribution in [0.4, 0.5) is 34.1 Å². The van der Waals surface area contributed by atoms with Crippen molar-refractivity contribution in [1.29, 1.82) is 0 Å². The largest absolute Gasteiger partial charge is 0.494 e. The molecule has 0 bridgehead atoms. The van der Waals surface area contributed by atoms with Crippen molar-refractivity contribution in [1.82, 2.24) is 0 Å². The molecule has 192 valence electrons. The first-order chi connectivity index (χ1) is 18.7. The Morgan fingerprint density at radius 3 is 1.13 bits per heavy atom. The lowest BCUT2D eigenvalue weighted by Crippen LogP contribution is -1.93. The van der Waals surface area contributed by atoms with E-state index < -0.39 is 0 Å². The summed E-state index contributed by atoms with van der Waals surface area (Å²) in [6.45, 7) is 4.99. The minimum absolute atomic E-state index is 0.705. The summed E-state index contributed by atoms with van der Waals surface area (Å²) in [5, 5.41) is 25.8. The standard InChI is InChI=1S/C31H32N6O/c1-3-5-6-24-7-9-25(10-8-24)32-33-26-11-13-27(14-12-26)34-35-28-15-17-29(18-16-28)36-37-30-19-21-31(22-20-30)38-23-4-2/h7-22H,3-6,23H2,1-2H3. The molecule has 0 spiro atoms. The predicted molar refractivity (Wildman–Crippen MR) is 153 cm³/mol. The number of ether oxygens (including phenoxy) is 1. The molecule has 0 saturated carbocycles. The Kier molecular flexibility index (Phi) is 9.97. The van der Waals surface area contributed by atoms with Gasteiger partial charge in [-0.15, -0.1) is 0 Å². The van der Waals surface area contributed by atoms with E-state index in [-0.39, 0.29) is 0 Å². The van der Waals surface area contributed by atoms with Crippen LogP contribution in [0.3, 0.4) is 0 Å². The van der Waals surface area contributed by atoms with Crippen molar-refractivity contribution in [3.8, 4) is 5.75 Å². The molecule has 0 radical (unpaired) electrons. The van der Waals surface area contributed by atoms with E-state index in [4.69, 9.17) is 4.74 Å². The van der Waals surface area contributed by atoms with Crippen molar-refractivity contribution in [3.63, 3.8) is 0 Å². The van der Waals surface area contributed by atoms with Crippen LogP contribution in [0.5, 0.6) is 5.75 Å². The summed E-state index contributed by atoms with van der Waals surface area (Å²) in [5.41, 5.74) is 5.90. The highest BCUT2D eigenvalue weighted by Gasteiger charge is 1.98. The molecule has 4 rings (SSSR count). The number of rotatable bonds is 12. The molecule has 0 aromatic heterocycles. The van der Waals surface area contributed by atoms with E-state index >= 15 is 0 Å². The molecular weight excluding hydrogens is 472 g/mol. The summed E-state index contributed by atoms with van der Waals surface area (Å²) in [6, 6.07) is 30.7. The van der Waals surface area contributed by atoms with Gasteiger partial charge in [-0.1, -0.05) is 32.4 Å². The zero-order valence-corrected chi connectivity index (χ0v) is 21.9. The number of aryl methyl sites for hydroxylation is 1. The van der Waals surface area contributed by atoms with Gasteiger partial charge < -0.3 is 4.74 Å². The SMILES string of the molecule is CCCCc1ccc(N=Nc2ccc(N=Nc3ccc(N=Nc4ccc(OCCC)cc4)cc3)cc2)cc1. The van der Waals surface area contributed by atoms with Crippen LogP contribution >= 0.6 is 0 Å². The van der Waals surface area contributed by atoms with Crippen molar-refractivity contribution in [2.75, 3.05) is 6.61 Å². The molecule has 0 unspecified atom stereocenters. The van der Waals surface area contributed by atoms with Crippen LogP contribution in [0, 0.1) is 0 Å². The average molecular weight is 505 g/mol. The monoisotopic (exact) mass is 504 g/mol. The highest BCUT2D eigenvalue weighted by Crippen LogP contribution is 2.26. The highest BCUT2D eigenvalue weighted by molar-refractivity contribution is 5.50. The first-order valence-corrected chi connectivity index (χ1v) is 13.0. The van der Waals surface area contributed by atoms with Gasteiger partial charge >= 0.3 is 0 Å². The van der Waals surface area contributed by atoms with Gasteiger partial charge in [-0.25, -0.2) is 0 Å². The Morgan fingerprint density at radius 1 is 0.447 bits per heavy atom. The first kappa shape index (κ1) is 26.5. The van der Waals surface area contributed by atoms with E-state index in [0.717, 1.165) is 52.7 Å². The normalized spacial score (nSPS) is 11.6. The fourth-order valence-electron chi connectivity index (χ4n) is 3.46. The van der Waals surface area contributed by atoms with E-state index in [0.29, 0.717) is 6.61 Å². The molecular formula is C31H32N6O. The third-order valence-corrected chi connectivity index (χ3v) is 5.61. The van der Waals surface area contributed by atoms with Gasteiger partial charge in [-0.2, -0.15) is 30.7 Å². The molecule has 38 heavy (non-hydrogen) atoms. The Morgan fingerprint density at radius 2 is 0.789 bits per heavy atom. The van der Waals surface area contributed by atoms with Crippen LogP contribution in [0.25, 0.3) is 0 Å². The highest BCUT2D eigenvalue weighted by atomic mass is 16.5. The molecule has 7 nitrogen and oxygen atoms in total. The van der Waals surface area contributed by atoms with Crippen LogP contribution in [0.2, 0.25) is 0 Å². The number of nitrogens with zero attached hydrogens (tertiary/aromatic N) is 6. The van der Waals surface area contributed by atoms with Gasteiger partial charge in [0.2, 0.25) is 0 Å². The third kappa shape index (κ3) is 8.55. The van der Waals surface area contributed by atoms with E-state index in [1.165, 1.54) is 18.4 Å². The zero-order chi connectivity index (χ0) is 26.4. The molecule has 0 fully saturated rings. The van der Waals surface area contributed by atoms with E-state index in [2.05, 4.69) is 56.7 Å². The zero-order valence-electron chi connectivity index (χ0n) is 21.9. The molecule has 4 aromatic rings. The van der Waals surface area contributed by atoms with Gasteiger partial charge in [0.1, 0.15) is 5.75 Å². The predicted octanol–water partition coefficient (Wildman–Crippen LogP) is 11.1. The molecule has 7 heteroatoms. The van der Waals surface area contributed by atoms with Crippen LogP contribution in [-0.4, -0.2) is 6.61 Å². The molecule has 0 aliphatic carbocycles. The Labute approximate surface area is 224 Å². The maximum absolute atomic E-state index is 5.59. The molecule has 0 N–H and O–H groups in total. The lowest BCUT2D eigenvalue weighted by Gasteiger charge is -2.03. The fraction of sp³-hybridized carbons (Fsp3) is 0.226. The lowest BCUT2D eigenvalue weighted by atomic mass is 10.1. The Balaban J connectivity index is 1.28. The summed E-state index contributed by atoms with van der Waals surface area (Å²) in [4.78, 5) is 0. The molecule has 0 aliphatic rings. The van der Waals surface area contributed by atoms with Gasteiger partial charge in [-0.3, -0.25) is 0 Å². The second-order valence-electron chi connectivity index (χ2n) is 8.75. The van der Waals surface area contributed by atoms with Gasteiger partial charge in [0.05, 0.1) is 40.7 Å². The van der Waals surface area contributed by atoms with Gasteiger partial charge in [0.15, 0.2) is 0 Å². The summed E-state index contributed by atoms with van der Waals surface area (Å²) in [6.07, 6.45) is 4.48. The third-order valence-electron chi connectivity index (χ3n) is 5.61. The smallest absolute Gasteiger partial charge is 0.119 e. The number of hydrogen-bond donors (Lipinski definition) is 0. The summed E-state index contributed by atoms with van der Waals surface area (Å²) in [7, 11) is 0. The summed E-state index contributed by atoms with van der Waals surface area (Å²) >= 11 is 0. The van der Waals surface area contributed by atoms with Crippen molar-refractivity contribution in [2.45, 2.75) is 39.5 Å².